The minimum Gasteiger partial charge on any atom is -0.396 e. The molecule has 1 aromatic heterocycles. The van der Waals surface area contributed by atoms with Crippen molar-refractivity contribution in [1.82, 2.24) is 9.97 Å². The predicted molar refractivity (Wildman–Crippen MR) is 85.8 cm³/mol. The van der Waals surface area contributed by atoms with Crippen molar-refractivity contribution in [3.8, 4) is 0 Å². The molecule has 3 rings (SSSR count). The number of para-hydroxylation sites is 1. The zero-order chi connectivity index (χ0) is 14.7. The van der Waals surface area contributed by atoms with Crippen LogP contribution in [-0.2, 0) is 0 Å². The van der Waals surface area contributed by atoms with Crippen molar-refractivity contribution in [2.24, 2.45) is 0 Å². The van der Waals surface area contributed by atoms with Crippen molar-refractivity contribution in [3.05, 3.63) is 24.3 Å². The maximum Gasteiger partial charge on any atom is 0.224 e. The number of fused-ring (bicyclic) bond motifs is 1. The summed E-state index contributed by atoms with van der Waals surface area (Å²) in [5, 5.41) is 13.3. The molecule has 0 radical (unpaired) electrons. The van der Waals surface area contributed by atoms with Gasteiger partial charge in [-0.3, -0.25) is 0 Å². The second-order valence-corrected chi connectivity index (χ2v) is 5.49. The van der Waals surface area contributed by atoms with Crippen LogP contribution in [-0.4, -0.2) is 41.3 Å². The Balaban J connectivity index is 2.05. The lowest BCUT2D eigenvalue weighted by atomic mass is 9.91. The summed E-state index contributed by atoms with van der Waals surface area (Å²) in [6, 6.07) is 8.67. The Morgan fingerprint density at radius 3 is 2.76 bits per heavy atom. The fraction of sp³-hybridized carbons (Fsp3) is 0.500. The molecule has 0 amide bonds. The number of anilines is 2. The Morgan fingerprint density at radius 2 is 2.10 bits per heavy atom. The van der Waals surface area contributed by atoms with Crippen molar-refractivity contribution in [2.75, 3.05) is 30.4 Å². The lowest BCUT2D eigenvalue weighted by molar-refractivity contribution is 0.282. The summed E-state index contributed by atoms with van der Waals surface area (Å²) in [7, 11) is 1.84. The van der Waals surface area contributed by atoms with Gasteiger partial charge in [-0.25, -0.2) is 4.98 Å². The number of nitrogens with one attached hydrogen (secondary N) is 1. The zero-order valence-corrected chi connectivity index (χ0v) is 12.4. The van der Waals surface area contributed by atoms with Crippen LogP contribution in [0.2, 0.25) is 0 Å². The number of rotatable bonds is 6. The van der Waals surface area contributed by atoms with Gasteiger partial charge in [-0.05, 0) is 37.8 Å². The number of aliphatic hydroxyl groups is 1. The highest BCUT2D eigenvalue weighted by Crippen LogP contribution is 2.33. The van der Waals surface area contributed by atoms with Crippen LogP contribution in [0.4, 0.5) is 11.8 Å². The molecule has 0 bridgehead atoms. The summed E-state index contributed by atoms with van der Waals surface area (Å²) in [5.41, 5.74) is 0.958. The smallest absolute Gasteiger partial charge is 0.224 e. The number of nitrogens with zero attached hydrogens (tertiary/aromatic N) is 3. The highest BCUT2D eigenvalue weighted by molar-refractivity contribution is 5.90. The molecular weight excluding hydrogens is 264 g/mol. The van der Waals surface area contributed by atoms with E-state index in [0.717, 1.165) is 29.7 Å². The van der Waals surface area contributed by atoms with Crippen LogP contribution in [0, 0.1) is 0 Å². The molecule has 21 heavy (non-hydrogen) atoms. The summed E-state index contributed by atoms with van der Waals surface area (Å²) in [6.45, 7) is 1.05. The van der Waals surface area contributed by atoms with Gasteiger partial charge in [-0.2, -0.15) is 4.98 Å². The third kappa shape index (κ3) is 2.78. The van der Waals surface area contributed by atoms with Gasteiger partial charge >= 0.3 is 0 Å². The lowest BCUT2D eigenvalue weighted by Crippen LogP contribution is -2.41. The lowest BCUT2D eigenvalue weighted by Gasteiger charge is -2.39. The van der Waals surface area contributed by atoms with Crippen molar-refractivity contribution in [3.63, 3.8) is 0 Å². The highest BCUT2D eigenvalue weighted by atomic mass is 16.3. The van der Waals surface area contributed by atoms with Gasteiger partial charge in [0, 0.05) is 31.6 Å². The van der Waals surface area contributed by atoms with Gasteiger partial charge in [0.15, 0.2) is 0 Å². The summed E-state index contributed by atoms with van der Waals surface area (Å²) in [6.07, 6.45) is 4.46. The van der Waals surface area contributed by atoms with Gasteiger partial charge in [0.25, 0.3) is 0 Å². The Bertz CT molecular complexity index is 612. The first-order chi connectivity index (χ1) is 10.3. The van der Waals surface area contributed by atoms with E-state index in [-0.39, 0.29) is 6.61 Å². The van der Waals surface area contributed by atoms with Crippen LogP contribution in [0.3, 0.4) is 0 Å². The molecule has 0 aliphatic heterocycles. The van der Waals surface area contributed by atoms with Crippen LogP contribution in [0.25, 0.3) is 10.9 Å². The van der Waals surface area contributed by atoms with E-state index in [2.05, 4.69) is 21.3 Å². The van der Waals surface area contributed by atoms with E-state index in [4.69, 9.17) is 4.98 Å². The molecule has 1 aliphatic rings. The van der Waals surface area contributed by atoms with E-state index in [1.54, 1.807) is 0 Å². The quantitative estimate of drug-likeness (QED) is 0.854. The zero-order valence-electron chi connectivity index (χ0n) is 12.4. The van der Waals surface area contributed by atoms with Gasteiger partial charge < -0.3 is 15.3 Å². The standard InChI is InChI=1S/C16H22N4O/c1-17-16-18-14-9-3-2-8-13(14)15(19-16)20(10-5-11-21)12-6-4-7-12/h2-3,8-9,12,21H,4-7,10-11H2,1H3,(H,17,18,19). The van der Waals surface area contributed by atoms with Crippen LogP contribution in [0.15, 0.2) is 24.3 Å². The predicted octanol–water partition coefficient (Wildman–Crippen LogP) is 2.41. The minimum absolute atomic E-state index is 0.213. The molecule has 2 N–H and O–H groups in total. The summed E-state index contributed by atoms with van der Waals surface area (Å²) >= 11 is 0. The van der Waals surface area contributed by atoms with E-state index in [0.29, 0.717) is 12.0 Å². The second kappa shape index (κ2) is 6.26. The SMILES string of the molecule is CNc1nc(N(CCCO)C2CCC2)c2ccccc2n1. The van der Waals surface area contributed by atoms with Crippen LogP contribution < -0.4 is 10.2 Å². The fourth-order valence-electron chi connectivity index (χ4n) is 2.79. The van der Waals surface area contributed by atoms with E-state index < -0.39 is 0 Å². The van der Waals surface area contributed by atoms with Crippen molar-refractivity contribution in [1.29, 1.82) is 0 Å². The van der Waals surface area contributed by atoms with Gasteiger partial charge in [-0.15, -0.1) is 0 Å². The maximum absolute atomic E-state index is 9.18. The van der Waals surface area contributed by atoms with Crippen LogP contribution >= 0.6 is 0 Å². The summed E-state index contributed by atoms with van der Waals surface area (Å²) in [4.78, 5) is 11.6. The normalized spacial score (nSPS) is 15.0. The Kier molecular flexibility index (Phi) is 4.20. The number of aromatic nitrogens is 2. The van der Waals surface area contributed by atoms with Gasteiger partial charge in [0.1, 0.15) is 5.82 Å². The molecule has 0 spiro atoms. The first-order valence-electron chi connectivity index (χ1n) is 7.65. The molecule has 112 valence electrons. The van der Waals surface area contributed by atoms with Crippen LogP contribution in [0.5, 0.6) is 0 Å². The third-order valence-electron chi connectivity index (χ3n) is 4.15. The fourth-order valence-corrected chi connectivity index (χ4v) is 2.79. The monoisotopic (exact) mass is 286 g/mol. The molecule has 5 nitrogen and oxygen atoms in total. The molecule has 2 aromatic rings. The second-order valence-electron chi connectivity index (χ2n) is 5.49. The minimum atomic E-state index is 0.213. The first kappa shape index (κ1) is 14.1. The van der Waals surface area contributed by atoms with Crippen molar-refractivity contribution < 1.29 is 5.11 Å². The van der Waals surface area contributed by atoms with E-state index in [1.807, 2.05) is 25.2 Å². The number of hydrogen-bond donors (Lipinski definition) is 2. The molecule has 1 aliphatic carbocycles. The maximum atomic E-state index is 9.18. The molecule has 0 atom stereocenters. The van der Waals surface area contributed by atoms with E-state index in [1.165, 1.54) is 19.3 Å². The number of hydrogen-bond acceptors (Lipinski definition) is 5. The Morgan fingerprint density at radius 1 is 1.29 bits per heavy atom. The number of aliphatic hydroxyl groups excluding tert-OH is 1. The molecular formula is C16H22N4O. The molecule has 0 unspecified atom stereocenters. The number of benzene rings is 1. The average molecular weight is 286 g/mol. The third-order valence-corrected chi connectivity index (χ3v) is 4.15. The summed E-state index contributed by atoms with van der Waals surface area (Å²) < 4.78 is 0. The Labute approximate surface area is 125 Å². The molecule has 5 heteroatoms. The molecule has 1 fully saturated rings. The molecule has 1 heterocycles. The highest BCUT2D eigenvalue weighted by Gasteiger charge is 2.27. The van der Waals surface area contributed by atoms with Crippen LogP contribution in [0.1, 0.15) is 25.7 Å². The van der Waals surface area contributed by atoms with E-state index in [9.17, 15) is 5.11 Å². The summed E-state index contributed by atoms with van der Waals surface area (Å²) in [5.74, 6) is 1.64. The molecule has 0 saturated heterocycles. The molecule has 1 aromatic carbocycles. The van der Waals surface area contributed by atoms with Crippen molar-refractivity contribution in [2.45, 2.75) is 31.7 Å². The largest absolute Gasteiger partial charge is 0.396 e. The van der Waals surface area contributed by atoms with Crippen molar-refractivity contribution >= 4 is 22.7 Å². The molecule has 1 saturated carbocycles. The Hall–Kier alpha value is -1.88. The van der Waals surface area contributed by atoms with Gasteiger partial charge in [-0.1, -0.05) is 12.1 Å². The average Bonchev–Trinajstić information content (AvgIpc) is 2.48. The van der Waals surface area contributed by atoms with Gasteiger partial charge in [0.2, 0.25) is 5.95 Å². The topological polar surface area (TPSA) is 61.3 Å². The first-order valence-corrected chi connectivity index (χ1v) is 7.65. The van der Waals surface area contributed by atoms with Gasteiger partial charge in [0.05, 0.1) is 5.52 Å². The van der Waals surface area contributed by atoms with E-state index >= 15 is 0 Å².